The number of carboxylic acid groups (broad SMARTS) is 1. The molecule has 0 spiro atoms. The predicted octanol–water partition coefficient (Wildman–Crippen LogP) is -1.33. The summed E-state index contributed by atoms with van der Waals surface area (Å²) in [6.07, 6.45) is 0.812. The second-order valence-corrected chi connectivity index (χ2v) is 1.85. The fraction of sp³-hybridized carbons (Fsp3) is 0.333. The van der Waals surface area contributed by atoms with Gasteiger partial charge in [0.05, 0.1) is 0 Å². The summed E-state index contributed by atoms with van der Waals surface area (Å²) in [7, 11) is 0.942. The zero-order valence-corrected chi connectivity index (χ0v) is 6.40. The highest BCUT2D eigenvalue weighted by Gasteiger charge is 2.37. The van der Waals surface area contributed by atoms with Crippen molar-refractivity contribution in [1.82, 2.24) is 5.32 Å². The quantitative estimate of drug-likeness (QED) is 0.363. The first kappa shape index (κ1) is 10.6. The molecule has 1 amide bonds. The number of rotatable bonds is 4. The van der Waals surface area contributed by atoms with Crippen LogP contribution in [0.3, 0.4) is 0 Å². The number of amides is 1. The van der Waals surface area contributed by atoms with Crippen LogP contribution in [0.1, 0.15) is 0 Å². The van der Waals surface area contributed by atoms with Gasteiger partial charge in [-0.15, -0.1) is 0 Å². The molecule has 0 fully saturated rings. The van der Waals surface area contributed by atoms with Gasteiger partial charge in [0.25, 0.3) is 0 Å². The lowest BCUT2D eigenvalue weighted by molar-refractivity contribution is -0.225. The molecule has 68 valence electrons. The lowest BCUT2D eigenvalue weighted by atomic mass is 10.4. The van der Waals surface area contributed by atoms with Crippen molar-refractivity contribution < 1.29 is 24.5 Å². The van der Waals surface area contributed by atoms with Crippen LogP contribution < -0.4 is 5.32 Å². The maximum Gasteiger partial charge on any atom is 0.387 e. The first-order valence-corrected chi connectivity index (χ1v) is 2.91. The summed E-state index contributed by atoms with van der Waals surface area (Å²) in [4.78, 5) is 20.8. The average molecular weight is 175 g/mol. The number of carbonyl (C=O) groups is 2. The molecule has 0 aromatic heterocycles. The highest BCUT2D eigenvalue weighted by atomic mass is 16.7. The molecule has 12 heavy (non-hydrogen) atoms. The van der Waals surface area contributed by atoms with Crippen LogP contribution in [0.5, 0.6) is 0 Å². The maximum absolute atomic E-state index is 10.6. The molecule has 0 aromatic rings. The summed E-state index contributed by atoms with van der Waals surface area (Å²) in [5.74, 6) is -5.24. The number of hydrogen-bond donors (Lipinski definition) is 3. The number of methoxy groups -OCH3 is 1. The summed E-state index contributed by atoms with van der Waals surface area (Å²) in [5, 5.41) is 19.0. The molecule has 0 aliphatic heterocycles. The molecule has 3 N–H and O–H groups in total. The van der Waals surface area contributed by atoms with E-state index in [1.807, 2.05) is 0 Å². The molecule has 1 atom stereocenters. The standard InChI is InChI=1S/C6H9NO5/c1-3-4(8)7-6(11,12-2)5(9)10/h3,11H,1H2,2H3,(H,7,8)(H,9,10). The summed E-state index contributed by atoms with van der Waals surface area (Å²) < 4.78 is 4.15. The molecule has 6 nitrogen and oxygen atoms in total. The van der Waals surface area contributed by atoms with Crippen molar-refractivity contribution in [2.24, 2.45) is 0 Å². The molecular formula is C6H9NO5. The number of carbonyl (C=O) groups excluding carboxylic acids is 1. The molecule has 1 unspecified atom stereocenters. The van der Waals surface area contributed by atoms with Gasteiger partial charge in [0, 0.05) is 7.11 Å². The Bertz CT molecular complexity index is 214. The third kappa shape index (κ3) is 2.33. The number of aliphatic hydroxyl groups is 1. The van der Waals surface area contributed by atoms with Crippen molar-refractivity contribution in [3.05, 3.63) is 12.7 Å². The SMILES string of the molecule is C=CC(=O)NC(O)(OC)C(=O)O. The van der Waals surface area contributed by atoms with Crippen LogP contribution in [0.25, 0.3) is 0 Å². The number of ether oxygens (including phenoxy) is 1. The molecule has 0 bridgehead atoms. The molecule has 0 heterocycles. The van der Waals surface area contributed by atoms with E-state index in [4.69, 9.17) is 10.2 Å². The lowest BCUT2D eigenvalue weighted by Crippen LogP contribution is -2.55. The smallest absolute Gasteiger partial charge is 0.387 e. The minimum atomic E-state index is -2.69. The van der Waals surface area contributed by atoms with E-state index in [1.54, 1.807) is 5.32 Å². The van der Waals surface area contributed by atoms with Gasteiger partial charge in [0.2, 0.25) is 5.91 Å². The molecule has 0 aromatic carbocycles. The average Bonchev–Trinajstić information content (AvgIpc) is 2.03. The highest BCUT2D eigenvalue weighted by molar-refractivity contribution is 5.91. The Morgan fingerprint density at radius 3 is 2.42 bits per heavy atom. The normalized spacial score (nSPS) is 14.5. The Morgan fingerprint density at radius 1 is 1.67 bits per heavy atom. The molecule has 0 radical (unpaired) electrons. The number of aliphatic carboxylic acids is 1. The van der Waals surface area contributed by atoms with Crippen LogP contribution in [0.4, 0.5) is 0 Å². The van der Waals surface area contributed by atoms with Gasteiger partial charge < -0.3 is 14.9 Å². The lowest BCUT2D eigenvalue weighted by Gasteiger charge is -2.20. The number of carboxylic acids is 1. The predicted molar refractivity (Wildman–Crippen MR) is 37.9 cm³/mol. The number of nitrogens with one attached hydrogen (secondary N) is 1. The fourth-order valence-electron chi connectivity index (χ4n) is 0.410. The maximum atomic E-state index is 10.6. The van der Waals surface area contributed by atoms with Crippen molar-refractivity contribution in [3.8, 4) is 0 Å². The van der Waals surface area contributed by atoms with E-state index < -0.39 is 17.8 Å². The van der Waals surface area contributed by atoms with Crippen LogP contribution in [0.2, 0.25) is 0 Å². The van der Waals surface area contributed by atoms with E-state index in [0.717, 1.165) is 13.2 Å². The van der Waals surface area contributed by atoms with Gasteiger partial charge in [0.1, 0.15) is 0 Å². The van der Waals surface area contributed by atoms with E-state index >= 15 is 0 Å². The summed E-state index contributed by atoms with van der Waals surface area (Å²) in [6, 6.07) is 0. The molecule has 0 saturated heterocycles. The molecule has 0 saturated carbocycles. The van der Waals surface area contributed by atoms with E-state index in [1.165, 1.54) is 0 Å². The first-order valence-electron chi connectivity index (χ1n) is 2.91. The Balaban J connectivity index is 4.44. The molecular weight excluding hydrogens is 166 g/mol. The van der Waals surface area contributed by atoms with Crippen molar-refractivity contribution in [2.45, 2.75) is 5.91 Å². The third-order valence-electron chi connectivity index (χ3n) is 1.06. The van der Waals surface area contributed by atoms with Crippen LogP contribution in [0.15, 0.2) is 12.7 Å². The highest BCUT2D eigenvalue weighted by Crippen LogP contribution is 1.99. The largest absolute Gasteiger partial charge is 0.476 e. The van der Waals surface area contributed by atoms with Gasteiger partial charge in [-0.25, -0.2) is 4.79 Å². The van der Waals surface area contributed by atoms with E-state index in [9.17, 15) is 9.59 Å². The number of hydrogen-bond acceptors (Lipinski definition) is 4. The summed E-state index contributed by atoms with van der Waals surface area (Å²) >= 11 is 0. The van der Waals surface area contributed by atoms with Gasteiger partial charge in [-0.1, -0.05) is 6.58 Å². The second-order valence-electron chi connectivity index (χ2n) is 1.85. The van der Waals surface area contributed by atoms with Crippen LogP contribution in [-0.2, 0) is 14.3 Å². The van der Waals surface area contributed by atoms with Gasteiger partial charge in [-0.3, -0.25) is 10.1 Å². The topological polar surface area (TPSA) is 95.9 Å². The monoisotopic (exact) mass is 175 g/mol. The Labute approximate surface area is 68.4 Å². The zero-order chi connectivity index (χ0) is 9.78. The molecule has 0 aliphatic carbocycles. The Morgan fingerprint density at radius 2 is 2.17 bits per heavy atom. The Kier molecular flexibility index (Phi) is 3.39. The van der Waals surface area contributed by atoms with Crippen molar-refractivity contribution in [2.75, 3.05) is 7.11 Å². The van der Waals surface area contributed by atoms with E-state index in [-0.39, 0.29) is 0 Å². The van der Waals surface area contributed by atoms with Crippen LogP contribution in [0, 0.1) is 0 Å². The zero-order valence-electron chi connectivity index (χ0n) is 6.40. The van der Waals surface area contributed by atoms with E-state index in [2.05, 4.69) is 11.3 Å². The summed E-state index contributed by atoms with van der Waals surface area (Å²) in [6.45, 7) is 3.07. The minimum Gasteiger partial charge on any atom is -0.476 e. The summed E-state index contributed by atoms with van der Waals surface area (Å²) in [5.41, 5.74) is 0. The van der Waals surface area contributed by atoms with Crippen LogP contribution in [-0.4, -0.2) is 35.1 Å². The van der Waals surface area contributed by atoms with Gasteiger partial charge in [-0.2, -0.15) is 0 Å². The second kappa shape index (κ2) is 3.84. The van der Waals surface area contributed by atoms with Gasteiger partial charge in [-0.05, 0) is 6.08 Å². The molecule has 0 rings (SSSR count). The van der Waals surface area contributed by atoms with Gasteiger partial charge >= 0.3 is 11.9 Å². The third-order valence-corrected chi connectivity index (χ3v) is 1.06. The van der Waals surface area contributed by atoms with E-state index in [0.29, 0.717) is 0 Å². The van der Waals surface area contributed by atoms with Crippen molar-refractivity contribution in [3.63, 3.8) is 0 Å². The Hall–Kier alpha value is -1.40. The minimum absolute atomic E-state index is 0.812. The fourth-order valence-corrected chi connectivity index (χ4v) is 0.410. The van der Waals surface area contributed by atoms with Crippen molar-refractivity contribution >= 4 is 11.9 Å². The van der Waals surface area contributed by atoms with Crippen molar-refractivity contribution in [1.29, 1.82) is 0 Å². The molecule has 0 aliphatic rings. The van der Waals surface area contributed by atoms with Crippen LogP contribution >= 0.6 is 0 Å². The molecule has 6 heteroatoms. The first-order chi connectivity index (χ1) is 5.46. The van der Waals surface area contributed by atoms with Gasteiger partial charge in [0.15, 0.2) is 0 Å².